The Labute approximate surface area is 136 Å². The minimum absolute atomic E-state index is 0.332. The van der Waals surface area contributed by atoms with Crippen molar-refractivity contribution < 1.29 is 5.11 Å². The molecule has 0 saturated heterocycles. The van der Waals surface area contributed by atoms with Crippen LogP contribution in [0, 0.1) is 0 Å². The SMILES string of the molecule is CCCCCCCCC=CC=CC=CCc1cccc(O)c1. The second-order valence-electron chi connectivity index (χ2n) is 5.67. The van der Waals surface area contributed by atoms with Crippen LogP contribution in [0.25, 0.3) is 0 Å². The van der Waals surface area contributed by atoms with Crippen molar-refractivity contribution in [2.24, 2.45) is 0 Å². The lowest BCUT2D eigenvalue weighted by Gasteiger charge is -1.97. The molecular weight excluding hydrogens is 268 g/mol. The molecule has 0 spiro atoms. The van der Waals surface area contributed by atoms with Gasteiger partial charge in [0.25, 0.3) is 0 Å². The molecule has 0 atom stereocenters. The average Bonchev–Trinajstić information content (AvgIpc) is 2.52. The van der Waals surface area contributed by atoms with Crippen molar-refractivity contribution in [3.63, 3.8) is 0 Å². The normalized spacial score (nSPS) is 12.0. The van der Waals surface area contributed by atoms with Gasteiger partial charge in [0.2, 0.25) is 0 Å². The summed E-state index contributed by atoms with van der Waals surface area (Å²) < 4.78 is 0. The van der Waals surface area contributed by atoms with Crippen LogP contribution in [-0.2, 0) is 6.42 Å². The van der Waals surface area contributed by atoms with E-state index >= 15 is 0 Å². The molecule has 1 rings (SSSR count). The third kappa shape index (κ3) is 10.0. The molecule has 0 amide bonds. The molecule has 0 fully saturated rings. The van der Waals surface area contributed by atoms with Crippen molar-refractivity contribution in [1.82, 2.24) is 0 Å². The smallest absolute Gasteiger partial charge is 0.115 e. The Balaban J connectivity index is 2.05. The molecule has 1 nitrogen and oxygen atoms in total. The maximum Gasteiger partial charge on any atom is 0.115 e. The van der Waals surface area contributed by atoms with Crippen molar-refractivity contribution in [2.75, 3.05) is 0 Å². The molecule has 22 heavy (non-hydrogen) atoms. The molecule has 0 aliphatic rings. The van der Waals surface area contributed by atoms with Gasteiger partial charge in [0.05, 0.1) is 0 Å². The van der Waals surface area contributed by atoms with E-state index in [0.29, 0.717) is 5.75 Å². The lowest BCUT2D eigenvalue weighted by molar-refractivity contribution is 0.474. The number of phenols is 1. The molecule has 0 aliphatic carbocycles. The first-order valence-corrected chi connectivity index (χ1v) is 8.59. The van der Waals surface area contributed by atoms with E-state index in [1.807, 2.05) is 12.1 Å². The van der Waals surface area contributed by atoms with E-state index < -0.39 is 0 Å². The Morgan fingerprint density at radius 1 is 0.864 bits per heavy atom. The second kappa shape index (κ2) is 12.9. The van der Waals surface area contributed by atoms with Crippen molar-refractivity contribution in [3.8, 4) is 5.75 Å². The highest BCUT2D eigenvalue weighted by Crippen LogP contribution is 2.11. The number of phenolic OH excluding ortho intramolecular Hbond substituents is 1. The molecule has 0 saturated carbocycles. The van der Waals surface area contributed by atoms with E-state index in [9.17, 15) is 5.11 Å². The van der Waals surface area contributed by atoms with Gasteiger partial charge in [0.15, 0.2) is 0 Å². The summed E-state index contributed by atoms with van der Waals surface area (Å²) in [7, 11) is 0. The number of allylic oxidation sites excluding steroid dienone is 6. The van der Waals surface area contributed by atoms with Crippen LogP contribution in [0.5, 0.6) is 5.75 Å². The van der Waals surface area contributed by atoms with Crippen LogP contribution >= 0.6 is 0 Å². The van der Waals surface area contributed by atoms with Gasteiger partial charge < -0.3 is 5.11 Å². The van der Waals surface area contributed by atoms with E-state index in [1.165, 1.54) is 44.9 Å². The van der Waals surface area contributed by atoms with Crippen molar-refractivity contribution in [3.05, 3.63) is 66.3 Å². The lowest BCUT2D eigenvalue weighted by atomic mass is 10.1. The van der Waals surface area contributed by atoms with Crippen LogP contribution < -0.4 is 0 Å². The van der Waals surface area contributed by atoms with Crippen LogP contribution in [0.3, 0.4) is 0 Å². The third-order valence-electron chi connectivity index (χ3n) is 3.59. The van der Waals surface area contributed by atoms with Crippen LogP contribution in [0.1, 0.15) is 57.4 Å². The summed E-state index contributed by atoms with van der Waals surface area (Å²) in [5.74, 6) is 0.332. The van der Waals surface area contributed by atoms with E-state index in [4.69, 9.17) is 0 Å². The summed E-state index contributed by atoms with van der Waals surface area (Å²) in [4.78, 5) is 0. The van der Waals surface area contributed by atoms with Crippen LogP contribution in [0.2, 0.25) is 0 Å². The fourth-order valence-corrected chi connectivity index (χ4v) is 2.31. The highest BCUT2D eigenvalue weighted by Gasteiger charge is 1.90. The number of unbranched alkanes of at least 4 members (excludes halogenated alkanes) is 6. The number of benzene rings is 1. The fraction of sp³-hybridized carbons (Fsp3) is 0.429. The Kier molecular flexibility index (Phi) is 10.8. The molecular formula is C21H30O. The summed E-state index contributed by atoms with van der Waals surface area (Å²) in [6.07, 6.45) is 22.9. The third-order valence-corrected chi connectivity index (χ3v) is 3.59. The summed E-state index contributed by atoms with van der Waals surface area (Å²) >= 11 is 0. The summed E-state index contributed by atoms with van der Waals surface area (Å²) in [5.41, 5.74) is 1.13. The number of rotatable bonds is 11. The van der Waals surface area contributed by atoms with Gasteiger partial charge in [-0.25, -0.2) is 0 Å². The fourth-order valence-electron chi connectivity index (χ4n) is 2.31. The Morgan fingerprint density at radius 2 is 1.59 bits per heavy atom. The van der Waals surface area contributed by atoms with Gasteiger partial charge in [-0.05, 0) is 37.0 Å². The predicted octanol–water partition coefficient (Wildman–Crippen LogP) is 6.35. The number of aromatic hydroxyl groups is 1. The monoisotopic (exact) mass is 298 g/mol. The molecule has 0 heterocycles. The molecule has 0 radical (unpaired) electrons. The predicted molar refractivity (Wildman–Crippen MR) is 97.2 cm³/mol. The molecule has 0 bridgehead atoms. The highest BCUT2D eigenvalue weighted by atomic mass is 16.3. The summed E-state index contributed by atoms with van der Waals surface area (Å²) in [6, 6.07) is 7.39. The first kappa shape index (κ1) is 18.3. The van der Waals surface area contributed by atoms with Gasteiger partial charge in [-0.2, -0.15) is 0 Å². The standard InChI is InChI=1S/C21H30O/c1-2-3-4-5-6-7-8-9-10-11-12-13-14-16-20-17-15-18-21(22)19-20/h9-15,17-19,22H,2-8,16H2,1H3. The first-order chi connectivity index (χ1) is 10.8. The van der Waals surface area contributed by atoms with Crippen LogP contribution in [0.15, 0.2) is 60.7 Å². The quantitative estimate of drug-likeness (QED) is 0.372. The second-order valence-corrected chi connectivity index (χ2v) is 5.67. The molecule has 1 aromatic rings. The van der Waals surface area contributed by atoms with Gasteiger partial charge in [-0.3, -0.25) is 0 Å². The lowest BCUT2D eigenvalue weighted by Crippen LogP contribution is -1.78. The number of hydrogen-bond acceptors (Lipinski definition) is 1. The van der Waals surface area contributed by atoms with Crippen LogP contribution in [-0.4, -0.2) is 5.11 Å². The summed E-state index contributed by atoms with van der Waals surface area (Å²) in [6.45, 7) is 2.26. The molecule has 0 unspecified atom stereocenters. The van der Waals surface area contributed by atoms with Gasteiger partial charge in [-0.1, -0.05) is 87.6 Å². The Morgan fingerprint density at radius 3 is 2.36 bits per heavy atom. The van der Waals surface area contributed by atoms with Gasteiger partial charge in [0.1, 0.15) is 5.75 Å². The molecule has 1 heteroatoms. The van der Waals surface area contributed by atoms with E-state index in [1.54, 1.807) is 12.1 Å². The summed E-state index contributed by atoms with van der Waals surface area (Å²) in [5, 5.41) is 9.37. The minimum atomic E-state index is 0.332. The van der Waals surface area contributed by atoms with E-state index in [2.05, 4.69) is 43.4 Å². The van der Waals surface area contributed by atoms with Crippen LogP contribution in [0.4, 0.5) is 0 Å². The highest BCUT2D eigenvalue weighted by molar-refractivity contribution is 5.28. The van der Waals surface area contributed by atoms with Gasteiger partial charge in [-0.15, -0.1) is 0 Å². The largest absolute Gasteiger partial charge is 0.508 e. The van der Waals surface area contributed by atoms with Gasteiger partial charge in [0, 0.05) is 0 Å². The molecule has 0 aliphatic heterocycles. The average molecular weight is 298 g/mol. The van der Waals surface area contributed by atoms with Crippen molar-refractivity contribution in [2.45, 2.75) is 58.3 Å². The topological polar surface area (TPSA) is 20.2 Å². The molecule has 120 valence electrons. The van der Waals surface area contributed by atoms with Gasteiger partial charge >= 0.3 is 0 Å². The molecule has 1 aromatic carbocycles. The maximum absolute atomic E-state index is 9.37. The van der Waals surface area contributed by atoms with E-state index in [0.717, 1.165) is 12.0 Å². The maximum atomic E-state index is 9.37. The zero-order valence-corrected chi connectivity index (χ0v) is 13.9. The zero-order valence-electron chi connectivity index (χ0n) is 13.9. The first-order valence-electron chi connectivity index (χ1n) is 8.59. The minimum Gasteiger partial charge on any atom is -0.508 e. The van der Waals surface area contributed by atoms with Crippen molar-refractivity contribution >= 4 is 0 Å². The zero-order chi connectivity index (χ0) is 15.9. The Bertz CT molecular complexity index is 469. The van der Waals surface area contributed by atoms with Crippen molar-refractivity contribution in [1.29, 1.82) is 0 Å². The number of hydrogen-bond donors (Lipinski definition) is 1. The Hall–Kier alpha value is -1.76. The molecule has 0 aromatic heterocycles. The molecule has 1 N–H and O–H groups in total. The van der Waals surface area contributed by atoms with E-state index in [-0.39, 0.29) is 0 Å².